The van der Waals surface area contributed by atoms with Crippen LogP contribution in [0.3, 0.4) is 0 Å². The zero-order valence-corrected chi connectivity index (χ0v) is 13.5. The second-order valence-electron chi connectivity index (χ2n) is 6.66. The van der Waals surface area contributed by atoms with E-state index < -0.39 is 8.32 Å². The maximum Gasteiger partial charge on any atom is 0.236 e. The lowest BCUT2D eigenvalue weighted by molar-refractivity contribution is -0.161. The average Bonchev–Trinajstić information content (AvgIpc) is 2.11. The molecule has 0 saturated carbocycles. The number of hydrogen-bond acceptors (Lipinski definition) is 3. The highest BCUT2D eigenvalue weighted by Crippen LogP contribution is 2.38. The van der Waals surface area contributed by atoms with E-state index in [1.165, 1.54) is 11.8 Å². The summed E-state index contributed by atoms with van der Waals surface area (Å²) in [6.07, 6.45) is -0.103. The monoisotopic (exact) mass is 271 g/mol. The molecule has 0 aliphatic carbocycles. The first-order valence-corrected chi connectivity index (χ1v) is 9.38. The molecule has 4 nitrogen and oxygen atoms in total. The number of carbonyl (C=O) groups is 2. The van der Waals surface area contributed by atoms with Gasteiger partial charge in [0, 0.05) is 13.5 Å². The van der Waals surface area contributed by atoms with Gasteiger partial charge >= 0.3 is 0 Å². The summed E-state index contributed by atoms with van der Waals surface area (Å²) in [5.41, 5.74) is 0. The van der Waals surface area contributed by atoms with Crippen LogP contribution in [0.5, 0.6) is 0 Å². The normalized spacial score (nSPS) is 22.7. The van der Waals surface area contributed by atoms with Crippen LogP contribution in [0.15, 0.2) is 0 Å². The molecule has 1 fully saturated rings. The number of amides is 2. The molecule has 0 radical (unpaired) electrons. The third kappa shape index (κ3) is 2.83. The Labute approximate surface area is 111 Å². The summed E-state index contributed by atoms with van der Waals surface area (Å²) in [6, 6.07) is 0. The van der Waals surface area contributed by atoms with Crippen molar-refractivity contribution >= 4 is 20.1 Å². The lowest BCUT2D eigenvalue weighted by Gasteiger charge is -2.44. The fraction of sp³-hybridized carbons (Fsp3) is 0.846. The Morgan fingerprint density at radius 3 is 2.28 bits per heavy atom. The van der Waals surface area contributed by atoms with Crippen molar-refractivity contribution in [3.8, 4) is 0 Å². The largest absolute Gasteiger partial charge is 0.413 e. The van der Waals surface area contributed by atoms with Crippen molar-refractivity contribution in [2.75, 3.05) is 6.54 Å². The molecule has 2 unspecified atom stereocenters. The van der Waals surface area contributed by atoms with Gasteiger partial charge in [-0.3, -0.25) is 14.5 Å². The fourth-order valence-electron chi connectivity index (χ4n) is 1.81. The van der Waals surface area contributed by atoms with Crippen molar-refractivity contribution < 1.29 is 14.0 Å². The van der Waals surface area contributed by atoms with Gasteiger partial charge in [0.25, 0.3) is 0 Å². The SMILES string of the molecule is CC(=O)N1CC(C(C)O[Si](C)(C)C(C)(C)C)C1=O. The Hall–Kier alpha value is -0.683. The summed E-state index contributed by atoms with van der Waals surface area (Å²) < 4.78 is 6.18. The van der Waals surface area contributed by atoms with E-state index in [1.807, 2.05) is 6.92 Å². The lowest BCUT2D eigenvalue weighted by Crippen LogP contribution is -2.60. The molecular weight excluding hydrogens is 246 g/mol. The molecule has 1 saturated heterocycles. The highest BCUT2D eigenvalue weighted by molar-refractivity contribution is 6.74. The van der Waals surface area contributed by atoms with Gasteiger partial charge in [0.1, 0.15) is 0 Å². The first kappa shape index (κ1) is 15.4. The van der Waals surface area contributed by atoms with Gasteiger partial charge in [-0.25, -0.2) is 0 Å². The van der Waals surface area contributed by atoms with Gasteiger partial charge in [0.15, 0.2) is 8.32 Å². The maximum absolute atomic E-state index is 11.8. The number of β-lactam (4-membered cyclic amide) rings is 1. The van der Waals surface area contributed by atoms with E-state index in [4.69, 9.17) is 4.43 Å². The topological polar surface area (TPSA) is 46.6 Å². The van der Waals surface area contributed by atoms with Crippen molar-refractivity contribution in [2.45, 2.75) is 58.9 Å². The molecule has 0 spiro atoms. The number of carbonyl (C=O) groups excluding carboxylic acids is 2. The van der Waals surface area contributed by atoms with Crippen molar-refractivity contribution in [1.82, 2.24) is 4.90 Å². The zero-order valence-electron chi connectivity index (χ0n) is 12.5. The Kier molecular flexibility index (Phi) is 4.08. The maximum atomic E-state index is 11.8. The Morgan fingerprint density at radius 1 is 1.44 bits per heavy atom. The van der Waals surface area contributed by atoms with E-state index >= 15 is 0 Å². The van der Waals surface area contributed by atoms with Crippen molar-refractivity contribution in [3.05, 3.63) is 0 Å². The van der Waals surface area contributed by atoms with Crippen LogP contribution in [0.2, 0.25) is 18.1 Å². The van der Waals surface area contributed by atoms with Crippen LogP contribution in [0.1, 0.15) is 34.6 Å². The molecule has 1 rings (SSSR count). The van der Waals surface area contributed by atoms with Gasteiger partial charge in [-0.1, -0.05) is 20.8 Å². The van der Waals surface area contributed by atoms with Crippen LogP contribution in [0.25, 0.3) is 0 Å². The summed E-state index contributed by atoms with van der Waals surface area (Å²) in [6.45, 7) is 14.8. The zero-order chi connectivity index (χ0) is 14.3. The third-order valence-corrected chi connectivity index (χ3v) is 8.77. The molecule has 0 aromatic carbocycles. The van der Waals surface area contributed by atoms with Gasteiger partial charge in [-0.15, -0.1) is 0 Å². The quantitative estimate of drug-likeness (QED) is 0.585. The number of nitrogens with zero attached hydrogens (tertiary/aromatic N) is 1. The summed E-state index contributed by atoms with van der Waals surface area (Å²) in [5, 5.41) is 0.133. The minimum atomic E-state index is -1.85. The van der Waals surface area contributed by atoms with Crippen molar-refractivity contribution in [1.29, 1.82) is 0 Å². The molecule has 1 heterocycles. The first-order chi connectivity index (χ1) is 7.97. The fourth-order valence-corrected chi connectivity index (χ4v) is 3.26. The summed E-state index contributed by atoms with van der Waals surface area (Å²) in [5.74, 6) is -0.410. The van der Waals surface area contributed by atoms with E-state index in [-0.39, 0.29) is 28.9 Å². The van der Waals surface area contributed by atoms with Crippen LogP contribution in [-0.4, -0.2) is 37.7 Å². The molecule has 0 N–H and O–H groups in total. The van der Waals surface area contributed by atoms with Gasteiger partial charge in [0.05, 0.1) is 12.0 Å². The second-order valence-corrected chi connectivity index (χ2v) is 11.4. The van der Waals surface area contributed by atoms with Crippen molar-refractivity contribution in [3.63, 3.8) is 0 Å². The van der Waals surface area contributed by atoms with Gasteiger partial charge in [-0.05, 0) is 25.1 Å². The molecule has 2 amide bonds. The van der Waals surface area contributed by atoms with Crippen LogP contribution < -0.4 is 0 Å². The summed E-state index contributed by atoms with van der Waals surface area (Å²) >= 11 is 0. The molecule has 104 valence electrons. The van der Waals surface area contributed by atoms with E-state index in [9.17, 15) is 9.59 Å². The predicted octanol–water partition coefficient (Wildman–Crippen LogP) is 2.40. The highest BCUT2D eigenvalue weighted by Gasteiger charge is 2.46. The van der Waals surface area contributed by atoms with Gasteiger partial charge in [-0.2, -0.15) is 0 Å². The Bertz CT molecular complexity index is 360. The second kappa shape index (κ2) is 4.77. The minimum absolute atomic E-state index is 0.0892. The van der Waals surface area contributed by atoms with E-state index in [0.717, 1.165) is 0 Å². The molecule has 18 heavy (non-hydrogen) atoms. The number of hydrogen-bond donors (Lipinski definition) is 0. The van der Waals surface area contributed by atoms with Crippen LogP contribution in [0, 0.1) is 5.92 Å². The number of likely N-dealkylation sites (tertiary alicyclic amines) is 1. The molecule has 0 aromatic heterocycles. The molecular formula is C13H25NO3Si. The molecule has 5 heteroatoms. The van der Waals surface area contributed by atoms with E-state index in [2.05, 4.69) is 33.9 Å². The third-order valence-electron chi connectivity index (χ3n) is 4.20. The highest BCUT2D eigenvalue weighted by atomic mass is 28.4. The lowest BCUT2D eigenvalue weighted by atomic mass is 9.93. The van der Waals surface area contributed by atoms with Crippen LogP contribution >= 0.6 is 0 Å². The molecule has 2 atom stereocenters. The Morgan fingerprint density at radius 2 is 1.94 bits per heavy atom. The predicted molar refractivity (Wildman–Crippen MR) is 73.6 cm³/mol. The summed E-state index contributed by atoms with van der Waals surface area (Å²) in [4.78, 5) is 24.2. The van der Waals surface area contributed by atoms with E-state index in [0.29, 0.717) is 6.54 Å². The minimum Gasteiger partial charge on any atom is -0.413 e. The standard InChI is InChI=1S/C13H25NO3Si/c1-9(17-18(6,7)13(3,4)5)11-8-14(10(2)15)12(11)16/h9,11H,8H2,1-7H3. The van der Waals surface area contributed by atoms with Gasteiger partial charge < -0.3 is 4.43 Å². The molecule has 1 aliphatic heterocycles. The van der Waals surface area contributed by atoms with Crippen LogP contribution in [-0.2, 0) is 14.0 Å². The average molecular weight is 271 g/mol. The van der Waals surface area contributed by atoms with Gasteiger partial charge in [0.2, 0.25) is 11.8 Å². The first-order valence-electron chi connectivity index (χ1n) is 6.47. The number of imide groups is 1. The van der Waals surface area contributed by atoms with E-state index in [1.54, 1.807) is 0 Å². The van der Waals surface area contributed by atoms with Crippen molar-refractivity contribution in [2.24, 2.45) is 5.92 Å². The Balaban J connectivity index is 2.62. The summed E-state index contributed by atoms with van der Waals surface area (Å²) in [7, 11) is -1.85. The molecule has 1 aliphatic rings. The van der Waals surface area contributed by atoms with Crippen LogP contribution in [0.4, 0.5) is 0 Å². The molecule has 0 bridgehead atoms. The molecule has 0 aromatic rings. The smallest absolute Gasteiger partial charge is 0.236 e. The number of rotatable bonds is 3.